The molecular formula is C25H28N4O4. The van der Waals surface area contributed by atoms with Crippen molar-refractivity contribution in [2.75, 3.05) is 13.7 Å². The molecule has 0 saturated heterocycles. The first-order chi connectivity index (χ1) is 16.1. The summed E-state index contributed by atoms with van der Waals surface area (Å²) >= 11 is 0. The topological polar surface area (TPSA) is 109 Å². The Balaban J connectivity index is 1.20. The average Bonchev–Trinajstić information content (AvgIpc) is 3.22. The molecule has 0 aliphatic rings. The molecule has 4 aromatic rings. The summed E-state index contributed by atoms with van der Waals surface area (Å²) in [7, 11) is 1.64. The number of amides is 1. The van der Waals surface area contributed by atoms with Gasteiger partial charge in [0.05, 0.1) is 18.0 Å². The van der Waals surface area contributed by atoms with Crippen molar-refractivity contribution in [3.8, 4) is 5.75 Å². The number of carbonyl (C=O) groups is 1. The van der Waals surface area contributed by atoms with Gasteiger partial charge in [-0.15, -0.1) is 0 Å². The van der Waals surface area contributed by atoms with E-state index in [9.17, 15) is 14.4 Å². The fraction of sp³-hybridized carbons (Fsp3) is 0.320. The molecule has 0 radical (unpaired) electrons. The van der Waals surface area contributed by atoms with Gasteiger partial charge in [-0.1, -0.05) is 18.6 Å². The summed E-state index contributed by atoms with van der Waals surface area (Å²) in [6.07, 6.45) is 5.24. The number of methoxy groups -OCH3 is 1. The molecule has 2 heterocycles. The highest BCUT2D eigenvalue weighted by Crippen LogP contribution is 2.23. The van der Waals surface area contributed by atoms with Crippen LogP contribution in [-0.2, 0) is 17.8 Å². The van der Waals surface area contributed by atoms with Crippen molar-refractivity contribution in [2.24, 2.45) is 0 Å². The molecule has 0 aliphatic heterocycles. The lowest BCUT2D eigenvalue weighted by Gasteiger charge is -2.07. The summed E-state index contributed by atoms with van der Waals surface area (Å²) in [6, 6.07) is 12.9. The summed E-state index contributed by atoms with van der Waals surface area (Å²) < 4.78 is 6.53. The number of rotatable bonds is 10. The smallest absolute Gasteiger partial charge is 0.328 e. The quantitative estimate of drug-likeness (QED) is 0.324. The van der Waals surface area contributed by atoms with Crippen molar-refractivity contribution in [3.63, 3.8) is 0 Å². The van der Waals surface area contributed by atoms with E-state index < -0.39 is 5.69 Å². The second kappa shape index (κ2) is 10.2. The van der Waals surface area contributed by atoms with Crippen molar-refractivity contribution in [2.45, 2.75) is 38.6 Å². The zero-order valence-corrected chi connectivity index (χ0v) is 18.6. The van der Waals surface area contributed by atoms with Crippen LogP contribution in [0.4, 0.5) is 0 Å². The van der Waals surface area contributed by atoms with Gasteiger partial charge < -0.3 is 20.0 Å². The summed E-state index contributed by atoms with van der Waals surface area (Å²) in [6.45, 7) is 0.898. The van der Waals surface area contributed by atoms with Crippen LogP contribution in [0.25, 0.3) is 21.8 Å². The van der Waals surface area contributed by atoms with Crippen LogP contribution in [0.3, 0.4) is 0 Å². The second-order valence-electron chi connectivity index (χ2n) is 8.07. The van der Waals surface area contributed by atoms with Gasteiger partial charge >= 0.3 is 5.69 Å². The molecule has 0 bridgehead atoms. The Morgan fingerprint density at radius 1 is 1.03 bits per heavy atom. The summed E-state index contributed by atoms with van der Waals surface area (Å²) in [5.41, 5.74) is 2.05. The number of benzene rings is 2. The van der Waals surface area contributed by atoms with Gasteiger partial charge in [-0.3, -0.25) is 14.2 Å². The minimum Gasteiger partial charge on any atom is -0.497 e. The average molecular weight is 449 g/mol. The van der Waals surface area contributed by atoms with E-state index in [2.05, 4.69) is 15.3 Å². The summed E-state index contributed by atoms with van der Waals surface area (Å²) in [5, 5.41) is 4.57. The lowest BCUT2D eigenvalue weighted by atomic mass is 10.1. The molecule has 0 unspecified atom stereocenters. The monoisotopic (exact) mass is 448 g/mol. The number of aromatic nitrogens is 3. The van der Waals surface area contributed by atoms with E-state index >= 15 is 0 Å². The number of hydrogen-bond donors (Lipinski definition) is 3. The summed E-state index contributed by atoms with van der Waals surface area (Å²) in [5.74, 6) is 0.813. The SMILES string of the molecule is COc1ccc2[nH]cc(CCNC(=O)CCCCCn3c(=O)[nH]c4ccccc4c3=O)c2c1. The fourth-order valence-corrected chi connectivity index (χ4v) is 4.05. The molecule has 2 aromatic heterocycles. The van der Waals surface area contributed by atoms with Gasteiger partial charge in [0, 0.05) is 36.6 Å². The number of hydrogen-bond acceptors (Lipinski definition) is 4. The molecule has 0 fully saturated rings. The van der Waals surface area contributed by atoms with Crippen LogP contribution in [-0.4, -0.2) is 34.1 Å². The molecule has 172 valence electrons. The molecule has 0 aliphatic carbocycles. The zero-order chi connectivity index (χ0) is 23.2. The van der Waals surface area contributed by atoms with E-state index in [0.717, 1.165) is 35.1 Å². The Morgan fingerprint density at radius 2 is 1.88 bits per heavy atom. The maximum absolute atomic E-state index is 12.5. The van der Waals surface area contributed by atoms with Crippen LogP contribution in [0.5, 0.6) is 5.75 Å². The highest BCUT2D eigenvalue weighted by molar-refractivity contribution is 5.84. The molecular weight excluding hydrogens is 420 g/mol. The number of para-hydroxylation sites is 1. The minimum atomic E-state index is -0.397. The maximum Gasteiger partial charge on any atom is 0.328 e. The maximum atomic E-state index is 12.5. The number of fused-ring (bicyclic) bond motifs is 2. The van der Waals surface area contributed by atoms with Crippen LogP contribution in [0, 0.1) is 0 Å². The lowest BCUT2D eigenvalue weighted by Crippen LogP contribution is -2.35. The molecule has 8 nitrogen and oxygen atoms in total. The van der Waals surface area contributed by atoms with Crippen LogP contribution < -0.4 is 21.3 Å². The lowest BCUT2D eigenvalue weighted by molar-refractivity contribution is -0.121. The van der Waals surface area contributed by atoms with E-state index in [1.807, 2.05) is 24.4 Å². The van der Waals surface area contributed by atoms with Crippen molar-refractivity contribution in [1.82, 2.24) is 19.9 Å². The van der Waals surface area contributed by atoms with E-state index in [1.54, 1.807) is 31.4 Å². The largest absolute Gasteiger partial charge is 0.497 e. The highest BCUT2D eigenvalue weighted by atomic mass is 16.5. The zero-order valence-electron chi connectivity index (χ0n) is 18.6. The number of ether oxygens (including phenoxy) is 1. The molecule has 0 atom stereocenters. The molecule has 3 N–H and O–H groups in total. The van der Waals surface area contributed by atoms with Crippen molar-refractivity contribution in [3.05, 3.63) is 75.1 Å². The van der Waals surface area contributed by atoms with Crippen LogP contribution in [0.2, 0.25) is 0 Å². The van der Waals surface area contributed by atoms with Crippen molar-refractivity contribution < 1.29 is 9.53 Å². The van der Waals surface area contributed by atoms with Gasteiger partial charge in [0.1, 0.15) is 5.75 Å². The Labute approximate surface area is 190 Å². The van der Waals surface area contributed by atoms with Crippen LogP contribution in [0.15, 0.2) is 58.3 Å². The molecule has 2 aromatic carbocycles. The predicted octanol–water partition coefficient (Wildman–Crippen LogP) is 3.10. The number of nitrogens with one attached hydrogen (secondary N) is 3. The third kappa shape index (κ3) is 5.16. The molecule has 33 heavy (non-hydrogen) atoms. The number of carbonyl (C=O) groups excluding carboxylic acids is 1. The first-order valence-corrected chi connectivity index (χ1v) is 11.2. The van der Waals surface area contributed by atoms with Crippen molar-refractivity contribution in [1.29, 1.82) is 0 Å². The highest BCUT2D eigenvalue weighted by Gasteiger charge is 2.08. The van der Waals surface area contributed by atoms with Crippen molar-refractivity contribution >= 4 is 27.7 Å². The first kappa shape index (κ1) is 22.4. The normalized spacial score (nSPS) is 11.2. The number of unbranched alkanes of at least 4 members (excludes halogenated alkanes) is 2. The fourth-order valence-electron chi connectivity index (χ4n) is 4.05. The van der Waals surface area contributed by atoms with E-state index in [1.165, 1.54) is 4.57 Å². The van der Waals surface area contributed by atoms with E-state index in [0.29, 0.717) is 43.3 Å². The Hall–Kier alpha value is -3.81. The van der Waals surface area contributed by atoms with Gasteiger partial charge in [-0.05, 0) is 55.2 Å². The van der Waals surface area contributed by atoms with Gasteiger partial charge in [0.25, 0.3) is 5.56 Å². The van der Waals surface area contributed by atoms with E-state index in [4.69, 9.17) is 4.74 Å². The second-order valence-corrected chi connectivity index (χ2v) is 8.07. The molecule has 0 spiro atoms. The predicted molar refractivity (Wildman–Crippen MR) is 129 cm³/mol. The number of aromatic amines is 2. The van der Waals surface area contributed by atoms with Gasteiger partial charge in [-0.2, -0.15) is 0 Å². The van der Waals surface area contributed by atoms with Crippen LogP contribution >= 0.6 is 0 Å². The molecule has 4 rings (SSSR count). The third-order valence-corrected chi connectivity index (χ3v) is 5.87. The molecule has 1 amide bonds. The first-order valence-electron chi connectivity index (χ1n) is 11.2. The van der Waals surface area contributed by atoms with Crippen LogP contribution in [0.1, 0.15) is 31.2 Å². The molecule has 8 heteroatoms. The van der Waals surface area contributed by atoms with Gasteiger partial charge in [0.2, 0.25) is 5.91 Å². The number of H-pyrrole nitrogens is 2. The minimum absolute atomic E-state index is 0.00754. The Morgan fingerprint density at radius 3 is 2.73 bits per heavy atom. The Kier molecular flexibility index (Phi) is 6.92. The Bertz CT molecular complexity index is 1380. The van der Waals surface area contributed by atoms with Gasteiger partial charge in [0.15, 0.2) is 0 Å². The van der Waals surface area contributed by atoms with Gasteiger partial charge in [-0.25, -0.2) is 4.79 Å². The number of nitrogens with zero attached hydrogens (tertiary/aromatic N) is 1. The standard InChI is InChI=1S/C25H28N4O4/c1-33-18-10-11-21-20(15-18)17(16-27-21)12-13-26-23(30)9-3-2-6-14-29-24(31)19-7-4-5-8-22(19)28-25(29)32/h4-5,7-8,10-11,15-16,27H,2-3,6,9,12-14H2,1H3,(H,26,30)(H,28,32). The summed E-state index contributed by atoms with van der Waals surface area (Å²) in [4.78, 5) is 42.9. The van der Waals surface area contributed by atoms with E-state index in [-0.39, 0.29) is 11.5 Å². The molecule has 0 saturated carbocycles. The third-order valence-electron chi connectivity index (χ3n) is 5.87.